The maximum absolute atomic E-state index is 12.3. The van der Waals surface area contributed by atoms with Crippen molar-refractivity contribution < 1.29 is 14.7 Å². The van der Waals surface area contributed by atoms with Crippen molar-refractivity contribution >= 4 is 18.0 Å². The summed E-state index contributed by atoms with van der Waals surface area (Å²) in [5, 5.41) is 17.4. The predicted octanol–water partition coefficient (Wildman–Crippen LogP) is 1.41. The Balaban J connectivity index is 2.99. The second-order valence-electron chi connectivity index (χ2n) is 4.35. The van der Waals surface area contributed by atoms with Crippen LogP contribution in [0.1, 0.15) is 22.8 Å². The maximum Gasteiger partial charge on any atom is 0.328 e. The predicted molar refractivity (Wildman–Crippen MR) is 72.6 cm³/mol. The van der Waals surface area contributed by atoms with Gasteiger partial charge < -0.3 is 10.0 Å². The average molecular weight is 273 g/mol. The molecule has 0 spiro atoms. The van der Waals surface area contributed by atoms with Crippen LogP contribution in [0.2, 0.25) is 0 Å². The summed E-state index contributed by atoms with van der Waals surface area (Å²) in [7, 11) is 1.60. The Labute approximate surface area is 117 Å². The molecule has 1 heterocycles. The highest BCUT2D eigenvalue weighted by Crippen LogP contribution is 2.12. The van der Waals surface area contributed by atoms with E-state index in [4.69, 9.17) is 10.4 Å². The number of amides is 1. The van der Waals surface area contributed by atoms with Gasteiger partial charge in [0.1, 0.15) is 0 Å². The lowest BCUT2D eigenvalue weighted by Crippen LogP contribution is -2.31. The first kappa shape index (κ1) is 15.4. The molecule has 0 aliphatic rings. The minimum atomic E-state index is -1.10. The van der Waals surface area contributed by atoms with Crippen molar-refractivity contribution in [1.82, 2.24) is 9.88 Å². The summed E-state index contributed by atoms with van der Waals surface area (Å²) < 4.78 is 0. The fourth-order valence-electron chi connectivity index (χ4n) is 1.64. The van der Waals surface area contributed by atoms with Crippen LogP contribution in [0.25, 0.3) is 6.08 Å². The fraction of sp³-hybridized carbons (Fsp3) is 0.286. The summed E-state index contributed by atoms with van der Waals surface area (Å²) >= 11 is 0. The highest BCUT2D eigenvalue weighted by molar-refractivity contribution is 5.98. The third-order valence-corrected chi connectivity index (χ3v) is 2.60. The second kappa shape index (κ2) is 7.04. The molecule has 0 aliphatic carbocycles. The number of aromatic nitrogens is 1. The van der Waals surface area contributed by atoms with Crippen LogP contribution in [0, 0.1) is 17.2 Å². The van der Waals surface area contributed by atoms with E-state index in [9.17, 15) is 9.59 Å². The van der Waals surface area contributed by atoms with Gasteiger partial charge in [0.2, 0.25) is 0 Å². The molecular formula is C14H15N3O3. The monoisotopic (exact) mass is 273 g/mol. The summed E-state index contributed by atoms with van der Waals surface area (Å²) in [4.78, 5) is 28.1. The molecule has 1 N–H and O–H groups in total. The molecule has 1 aromatic rings. The van der Waals surface area contributed by atoms with Crippen molar-refractivity contribution in [3.05, 3.63) is 35.7 Å². The van der Waals surface area contributed by atoms with Crippen molar-refractivity contribution in [1.29, 1.82) is 5.26 Å². The standard InChI is InChI=1S/C14H15N3O3/c1-10(7-15)9-17(2)14(20)12-5-6-16-8-11(12)3-4-13(18)19/h3-6,8,10H,9H2,1-2H3,(H,18,19). The number of carboxylic acids is 1. The SMILES string of the molecule is CC(C#N)CN(C)C(=O)c1ccncc1C=CC(=O)O. The van der Waals surface area contributed by atoms with Gasteiger partial charge in [-0.3, -0.25) is 9.78 Å². The van der Waals surface area contributed by atoms with Gasteiger partial charge in [-0.2, -0.15) is 5.26 Å². The number of hydrogen-bond acceptors (Lipinski definition) is 4. The average Bonchev–Trinajstić information content (AvgIpc) is 2.44. The Hall–Kier alpha value is -2.68. The highest BCUT2D eigenvalue weighted by atomic mass is 16.4. The van der Waals surface area contributed by atoms with E-state index in [1.165, 1.54) is 29.4 Å². The Kier molecular flexibility index (Phi) is 5.42. The molecule has 20 heavy (non-hydrogen) atoms. The zero-order chi connectivity index (χ0) is 15.1. The van der Waals surface area contributed by atoms with Gasteiger partial charge >= 0.3 is 5.97 Å². The first-order chi connectivity index (χ1) is 9.45. The molecule has 0 saturated carbocycles. The summed E-state index contributed by atoms with van der Waals surface area (Å²) in [5.74, 6) is -1.65. The lowest BCUT2D eigenvalue weighted by Gasteiger charge is -2.19. The Morgan fingerprint density at radius 3 is 2.90 bits per heavy atom. The van der Waals surface area contributed by atoms with Crippen LogP contribution in [0.5, 0.6) is 0 Å². The molecule has 0 fully saturated rings. The molecule has 1 rings (SSSR count). The molecule has 6 nitrogen and oxygen atoms in total. The lowest BCUT2D eigenvalue weighted by atomic mass is 10.1. The van der Waals surface area contributed by atoms with Crippen LogP contribution in [-0.4, -0.2) is 40.5 Å². The van der Waals surface area contributed by atoms with Crippen LogP contribution >= 0.6 is 0 Å². The number of carbonyl (C=O) groups excluding carboxylic acids is 1. The van der Waals surface area contributed by atoms with Gasteiger partial charge in [-0.1, -0.05) is 0 Å². The summed E-state index contributed by atoms with van der Waals surface area (Å²) in [6.45, 7) is 2.03. The quantitative estimate of drug-likeness (QED) is 0.818. The van der Waals surface area contributed by atoms with E-state index >= 15 is 0 Å². The molecule has 0 aliphatic heterocycles. The van der Waals surface area contributed by atoms with Crippen LogP contribution in [0.3, 0.4) is 0 Å². The second-order valence-corrected chi connectivity index (χ2v) is 4.35. The van der Waals surface area contributed by atoms with Crippen molar-refractivity contribution in [3.63, 3.8) is 0 Å². The number of pyridine rings is 1. The van der Waals surface area contributed by atoms with Crippen molar-refractivity contribution in [2.75, 3.05) is 13.6 Å². The van der Waals surface area contributed by atoms with E-state index in [1.807, 2.05) is 0 Å². The van der Waals surface area contributed by atoms with Gasteiger partial charge in [0.05, 0.1) is 12.0 Å². The van der Waals surface area contributed by atoms with E-state index in [0.717, 1.165) is 6.08 Å². The molecular weight excluding hydrogens is 258 g/mol. The molecule has 0 aromatic carbocycles. The molecule has 0 bridgehead atoms. The Bertz CT molecular complexity index is 575. The van der Waals surface area contributed by atoms with E-state index < -0.39 is 5.97 Å². The first-order valence-electron chi connectivity index (χ1n) is 5.95. The minimum Gasteiger partial charge on any atom is -0.478 e. The number of carbonyl (C=O) groups is 2. The third-order valence-electron chi connectivity index (χ3n) is 2.60. The molecule has 0 radical (unpaired) electrons. The van der Waals surface area contributed by atoms with Crippen LogP contribution < -0.4 is 0 Å². The summed E-state index contributed by atoms with van der Waals surface area (Å²) in [5.41, 5.74) is 0.779. The molecule has 0 saturated heterocycles. The van der Waals surface area contributed by atoms with Crippen molar-refractivity contribution in [2.45, 2.75) is 6.92 Å². The maximum atomic E-state index is 12.3. The molecule has 1 atom stereocenters. The third kappa shape index (κ3) is 4.21. The topological polar surface area (TPSA) is 94.3 Å². The van der Waals surface area contributed by atoms with Gasteiger partial charge in [-0.15, -0.1) is 0 Å². The fourth-order valence-corrected chi connectivity index (χ4v) is 1.64. The number of rotatable bonds is 5. The van der Waals surface area contributed by atoms with E-state index in [0.29, 0.717) is 17.7 Å². The number of carboxylic acid groups (broad SMARTS) is 1. The van der Waals surface area contributed by atoms with Gasteiger partial charge in [-0.25, -0.2) is 4.79 Å². The first-order valence-corrected chi connectivity index (χ1v) is 5.95. The summed E-state index contributed by atoms with van der Waals surface area (Å²) in [6.07, 6.45) is 5.16. The van der Waals surface area contributed by atoms with E-state index in [1.54, 1.807) is 14.0 Å². The largest absolute Gasteiger partial charge is 0.478 e. The Morgan fingerprint density at radius 1 is 1.60 bits per heavy atom. The molecule has 1 aromatic heterocycles. The van der Waals surface area contributed by atoms with Gasteiger partial charge in [0.25, 0.3) is 5.91 Å². The number of hydrogen-bond donors (Lipinski definition) is 1. The smallest absolute Gasteiger partial charge is 0.328 e. The number of aliphatic carboxylic acids is 1. The lowest BCUT2D eigenvalue weighted by molar-refractivity contribution is -0.131. The van der Waals surface area contributed by atoms with Gasteiger partial charge in [0.15, 0.2) is 0 Å². The molecule has 104 valence electrons. The van der Waals surface area contributed by atoms with Crippen LogP contribution in [0.4, 0.5) is 0 Å². The van der Waals surface area contributed by atoms with Crippen LogP contribution in [0.15, 0.2) is 24.5 Å². The molecule has 1 amide bonds. The zero-order valence-corrected chi connectivity index (χ0v) is 11.3. The molecule has 1 unspecified atom stereocenters. The van der Waals surface area contributed by atoms with Crippen molar-refractivity contribution in [2.24, 2.45) is 5.92 Å². The van der Waals surface area contributed by atoms with Crippen LogP contribution in [-0.2, 0) is 4.79 Å². The number of nitrogens with zero attached hydrogens (tertiary/aromatic N) is 3. The van der Waals surface area contributed by atoms with Gasteiger partial charge in [-0.05, 0) is 19.1 Å². The molecule has 6 heteroatoms. The number of nitriles is 1. The van der Waals surface area contributed by atoms with E-state index in [2.05, 4.69) is 11.1 Å². The van der Waals surface area contributed by atoms with Crippen molar-refractivity contribution in [3.8, 4) is 6.07 Å². The van der Waals surface area contributed by atoms with Gasteiger partial charge in [0, 0.05) is 43.2 Å². The van der Waals surface area contributed by atoms with E-state index in [-0.39, 0.29) is 11.8 Å². The normalized spacial score (nSPS) is 11.8. The minimum absolute atomic E-state index is 0.274. The zero-order valence-electron chi connectivity index (χ0n) is 11.3. The summed E-state index contributed by atoms with van der Waals surface area (Å²) in [6, 6.07) is 3.58. The highest BCUT2D eigenvalue weighted by Gasteiger charge is 2.16. The Morgan fingerprint density at radius 2 is 2.30 bits per heavy atom.